The fourth-order valence-corrected chi connectivity index (χ4v) is 5.27. The molecule has 0 fully saturated rings. The summed E-state index contributed by atoms with van der Waals surface area (Å²) in [6.45, 7) is 10.5. The standard InChI is InChI=1S/C22H23FN2S2/c1-21(2,3)14-9-17-19(10-15(14)23)27-20(25-17)11-22(4,5)13-6-7-18-16(8-13)24-12-26-18/h6-10,12H,11H2,1-5H3. The predicted molar refractivity (Wildman–Crippen MR) is 115 cm³/mol. The Morgan fingerprint density at radius 3 is 2.48 bits per heavy atom. The molecule has 2 nitrogen and oxygen atoms in total. The van der Waals surface area contributed by atoms with Crippen molar-refractivity contribution in [3.05, 3.63) is 57.8 Å². The first-order valence-electron chi connectivity index (χ1n) is 9.07. The average molecular weight is 399 g/mol. The van der Waals surface area contributed by atoms with E-state index >= 15 is 0 Å². The van der Waals surface area contributed by atoms with Crippen LogP contribution in [0.3, 0.4) is 0 Å². The molecule has 140 valence electrons. The average Bonchev–Trinajstić information content (AvgIpc) is 3.17. The van der Waals surface area contributed by atoms with E-state index in [0.29, 0.717) is 0 Å². The van der Waals surface area contributed by atoms with Crippen LogP contribution in [0.15, 0.2) is 35.8 Å². The lowest BCUT2D eigenvalue weighted by molar-refractivity contribution is 0.521. The van der Waals surface area contributed by atoms with Gasteiger partial charge in [-0.25, -0.2) is 14.4 Å². The molecule has 0 aliphatic carbocycles. The third-order valence-corrected chi connectivity index (χ3v) is 6.86. The smallest absolute Gasteiger partial charge is 0.128 e. The van der Waals surface area contributed by atoms with E-state index in [0.717, 1.165) is 32.7 Å². The van der Waals surface area contributed by atoms with Crippen LogP contribution in [-0.2, 0) is 17.3 Å². The fourth-order valence-electron chi connectivity index (χ4n) is 3.41. The van der Waals surface area contributed by atoms with E-state index in [2.05, 4.69) is 37.0 Å². The number of rotatable bonds is 3. The van der Waals surface area contributed by atoms with Crippen molar-refractivity contribution >= 4 is 43.1 Å². The van der Waals surface area contributed by atoms with Gasteiger partial charge in [-0.3, -0.25) is 0 Å². The van der Waals surface area contributed by atoms with E-state index in [1.807, 2.05) is 32.3 Å². The minimum atomic E-state index is -0.232. The van der Waals surface area contributed by atoms with Crippen LogP contribution >= 0.6 is 22.7 Å². The summed E-state index contributed by atoms with van der Waals surface area (Å²) in [7, 11) is 0. The molecule has 0 saturated carbocycles. The molecule has 0 amide bonds. The molecule has 0 spiro atoms. The van der Waals surface area contributed by atoms with E-state index < -0.39 is 0 Å². The van der Waals surface area contributed by atoms with Crippen molar-refractivity contribution in [2.45, 2.75) is 51.9 Å². The van der Waals surface area contributed by atoms with Crippen LogP contribution in [0.4, 0.5) is 4.39 Å². The molecule has 0 N–H and O–H groups in total. The molecular weight excluding hydrogens is 375 g/mol. The summed E-state index contributed by atoms with van der Waals surface area (Å²) in [5, 5.41) is 1.04. The van der Waals surface area contributed by atoms with Gasteiger partial charge in [0.25, 0.3) is 0 Å². The summed E-state index contributed by atoms with van der Waals surface area (Å²) in [5.74, 6) is -0.140. The third kappa shape index (κ3) is 3.50. The van der Waals surface area contributed by atoms with Crippen molar-refractivity contribution in [1.82, 2.24) is 9.97 Å². The zero-order valence-electron chi connectivity index (χ0n) is 16.3. The van der Waals surface area contributed by atoms with Crippen molar-refractivity contribution in [1.29, 1.82) is 0 Å². The minimum absolute atomic E-state index is 0.0723. The molecule has 2 heterocycles. The van der Waals surface area contributed by atoms with Gasteiger partial charge in [-0.1, -0.05) is 40.7 Å². The molecule has 2 aromatic carbocycles. The highest BCUT2D eigenvalue weighted by Crippen LogP contribution is 2.35. The van der Waals surface area contributed by atoms with Gasteiger partial charge < -0.3 is 0 Å². The Bertz CT molecular complexity index is 1130. The molecule has 4 aromatic rings. The van der Waals surface area contributed by atoms with Gasteiger partial charge in [0.15, 0.2) is 0 Å². The SMILES string of the molecule is CC(C)(C)c1cc2nc(CC(C)(C)c3ccc4scnc4c3)sc2cc1F. The molecule has 2 aromatic heterocycles. The number of thiazole rings is 2. The molecule has 0 unspecified atom stereocenters. The summed E-state index contributed by atoms with van der Waals surface area (Å²) in [6.07, 6.45) is 0.814. The second-order valence-corrected chi connectivity index (χ2v) is 10.8. The van der Waals surface area contributed by atoms with Crippen molar-refractivity contribution < 1.29 is 4.39 Å². The Morgan fingerprint density at radius 2 is 1.74 bits per heavy atom. The van der Waals surface area contributed by atoms with E-state index in [9.17, 15) is 4.39 Å². The zero-order chi connectivity index (χ0) is 19.4. The summed E-state index contributed by atoms with van der Waals surface area (Å²) < 4.78 is 16.6. The lowest BCUT2D eigenvalue weighted by atomic mass is 9.82. The van der Waals surface area contributed by atoms with Crippen molar-refractivity contribution in [2.24, 2.45) is 0 Å². The normalized spacial score (nSPS) is 13.0. The van der Waals surface area contributed by atoms with Crippen molar-refractivity contribution in [3.8, 4) is 0 Å². The Kier molecular flexibility index (Phi) is 4.35. The second kappa shape index (κ2) is 6.35. The maximum absolute atomic E-state index is 14.5. The largest absolute Gasteiger partial charge is 0.245 e. The Morgan fingerprint density at radius 1 is 0.963 bits per heavy atom. The van der Waals surface area contributed by atoms with Crippen LogP contribution in [0.2, 0.25) is 0 Å². The number of nitrogens with zero attached hydrogens (tertiary/aromatic N) is 2. The number of hydrogen-bond acceptors (Lipinski definition) is 4. The van der Waals surface area contributed by atoms with E-state index in [1.54, 1.807) is 28.7 Å². The summed E-state index contributed by atoms with van der Waals surface area (Å²) in [4.78, 5) is 9.27. The summed E-state index contributed by atoms with van der Waals surface area (Å²) in [6, 6.07) is 10.1. The highest BCUT2D eigenvalue weighted by molar-refractivity contribution is 7.18. The molecule has 5 heteroatoms. The molecule has 0 atom stereocenters. The van der Waals surface area contributed by atoms with Crippen LogP contribution < -0.4 is 0 Å². The van der Waals surface area contributed by atoms with Gasteiger partial charge in [0, 0.05) is 6.42 Å². The lowest BCUT2D eigenvalue weighted by Gasteiger charge is -2.24. The lowest BCUT2D eigenvalue weighted by Crippen LogP contribution is -2.20. The summed E-state index contributed by atoms with van der Waals surface area (Å²) >= 11 is 3.25. The predicted octanol–water partition coefficient (Wildman–Crippen LogP) is 6.86. The second-order valence-electron chi connectivity index (χ2n) is 8.75. The van der Waals surface area contributed by atoms with Gasteiger partial charge in [-0.15, -0.1) is 22.7 Å². The fraction of sp³-hybridized carbons (Fsp3) is 0.364. The molecule has 0 radical (unpaired) electrons. The molecule has 0 bridgehead atoms. The van der Waals surface area contributed by atoms with E-state index in [1.165, 1.54) is 10.3 Å². The van der Waals surface area contributed by atoms with Crippen molar-refractivity contribution in [2.75, 3.05) is 0 Å². The Balaban J connectivity index is 1.69. The molecule has 0 saturated heterocycles. The zero-order valence-corrected chi connectivity index (χ0v) is 17.9. The summed E-state index contributed by atoms with van der Waals surface area (Å²) in [5.41, 5.74) is 5.50. The van der Waals surface area contributed by atoms with Crippen LogP contribution in [0.25, 0.3) is 20.4 Å². The van der Waals surface area contributed by atoms with E-state index in [4.69, 9.17) is 4.98 Å². The van der Waals surface area contributed by atoms with Gasteiger partial charge in [0.2, 0.25) is 0 Å². The first-order valence-corrected chi connectivity index (χ1v) is 10.8. The van der Waals surface area contributed by atoms with Gasteiger partial charge in [0.05, 0.1) is 31.0 Å². The van der Waals surface area contributed by atoms with Crippen LogP contribution in [0.1, 0.15) is 50.8 Å². The van der Waals surface area contributed by atoms with E-state index in [-0.39, 0.29) is 16.6 Å². The van der Waals surface area contributed by atoms with Crippen molar-refractivity contribution in [3.63, 3.8) is 0 Å². The van der Waals surface area contributed by atoms with Gasteiger partial charge in [-0.05, 0) is 46.2 Å². The Labute approximate surface area is 167 Å². The molecular formula is C22H23FN2S2. The van der Waals surface area contributed by atoms with Gasteiger partial charge >= 0.3 is 0 Å². The number of hydrogen-bond donors (Lipinski definition) is 0. The molecule has 27 heavy (non-hydrogen) atoms. The number of fused-ring (bicyclic) bond motifs is 2. The number of halogens is 1. The van der Waals surface area contributed by atoms with Crippen LogP contribution in [-0.4, -0.2) is 9.97 Å². The highest BCUT2D eigenvalue weighted by atomic mass is 32.1. The monoisotopic (exact) mass is 398 g/mol. The maximum Gasteiger partial charge on any atom is 0.128 e. The number of benzene rings is 2. The third-order valence-electron chi connectivity index (χ3n) is 5.03. The van der Waals surface area contributed by atoms with Crippen LogP contribution in [0.5, 0.6) is 0 Å². The van der Waals surface area contributed by atoms with Crippen LogP contribution in [0, 0.1) is 5.82 Å². The molecule has 0 aliphatic rings. The maximum atomic E-state index is 14.5. The van der Waals surface area contributed by atoms with Gasteiger partial charge in [-0.2, -0.15) is 0 Å². The topological polar surface area (TPSA) is 25.8 Å². The highest BCUT2D eigenvalue weighted by Gasteiger charge is 2.25. The van der Waals surface area contributed by atoms with Gasteiger partial charge in [0.1, 0.15) is 5.82 Å². The molecule has 4 rings (SSSR count). The Hall–Kier alpha value is -1.85. The number of aromatic nitrogens is 2. The minimum Gasteiger partial charge on any atom is -0.245 e. The molecule has 0 aliphatic heterocycles. The first kappa shape index (κ1) is 18.5. The quantitative estimate of drug-likeness (QED) is 0.376. The first-order chi connectivity index (χ1) is 12.6.